The second kappa shape index (κ2) is 15.6. The van der Waals surface area contributed by atoms with E-state index in [1.807, 2.05) is 84.0 Å². The van der Waals surface area contributed by atoms with Gasteiger partial charge < -0.3 is 25.4 Å². The lowest BCUT2D eigenvalue weighted by Crippen LogP contribution is -2.41. The molecule has 1 amide bonds. The number of carbonyl (C=O) groups excluding carboxylic acids is 2. The first kappa shape index (κ1) is 33.0. The van der Waals surface area contributed by atoms with Gasteiger partial charge >= 0.3 is 12.1 Å². The number of ether oxygens (including phenoxy) is 2. The van der Waals surface area contributed by atoms with E-state index in [0.29, 0.717) is 25.0 Å². The van der Waals surface area contributed by atoms with Crippen LogP contribution in [0.2, 0.25) is 0 Å². The normalized spacial score (nSPS) is 20.1. The zero-order chi connectivity index (χ0) is 30.0. The van der Waals surface area contributed by atoms with E-state index in [-0.39, 0.29) is 35.6 Å². The molecule has 0 saturated heterocycles. The van der Waals surface area contributed by atoms with Crippen LogP contribution in [0.5, 0.6) is 5.75 Å². The molecular formula is C33H47NO6. The van der Waals surface area contributed by atoms with Crippen LogP contribution >= 0.6 is 0 Å². The minimum atomic E-state index is -0.868. The zero-order valence-electron chi connectivity index (χ0n) is 24.7. The summed E-state index contributed by atoms with van der Waals surface area (Å²) in [6.07, 6.45) is 10.2. The van der Waals surface area contributed by atoms with Crippen molar-refractivity contribution in [2.75, 3.05) is 0 Å². The molecule has 0 aromatic heterocycles. The Balaban J connectivity index is 2.00. The van der Waals surface area contributed by atoms with E-state index in [2.05, 4.69) is 6.58 Å². The number of hydrogen-bond acceptors (Lipinski definition) is 6. The van der Waals surface area contributed by atoms with Crippen molar-refractivity contribution < 1.29 is 29.3 Å². The monoisotopic (exact) mass is 553 g/mol. The summed E-state index contributed by atoms with van der Waals surface area (Å²) in [6.45, 7) is 15.3. The van der Waals surface area contributed by atoms with Crippen molar-refractivity contribution in [1.82, 2.24) is 0 Å². The number of nitrogens with two attached hydrogens (primary N) is 1. The number of aliphatic hydroxyl groups is 2. The van der Waals surface area contributed by atoms with Gasteiger partial charge in [0.15, 0.2) is 0 Å². The number of amides is 1. The number of esters is 1. The number of allylic oxidation sites excluding steroid dienone is 3. The van der Waals surface area contributed by atoms with Gasteiger partial charge in [-0.25, -0.2) is 4.79 Å². The van der Waals surface area contributed by atoms with Crippen LogP contribution in [0.4, 0.5) is 4.79 Å². The van der Waals surface area contributed by atoms with Crippen LogP contribution in [-0.4, -0.2) is 40.6 Å². The molecule has 7 heteroatoms. The number of primary amides is 1. The molecule has 4 N–H and O–H groups in total. The first-order valence-electron chi connectivity index (χ1n) is 14.1. The smallest absolute Gasteiger partial charge is 0.404 e. The van der Waals surface area contributed by atoms with Crippen molar-refractivity contribution in [1.29, 1.82) is 0 Å². The molecule has 1 aliphatic rings. The molecule has 0 radical (unpaired) electrons. The molecule has 220 valence electrons. The Labute approximate surface area is 239 Å². The topological polar surface area (TPSA) is 119 Å². The van der Waals surface area contributed by atoms with E-state index in [0.717, 1.165) is 16.7 Å². The average molecular weight is 554 g/mol. The molecule has 0 spiro atoms. The molecular weight excluding hydrogens is 506 g/mol. The minimum absolute atomic E-state index is 0.110. The molecule has 0 aliphatic carbocycles. The van der Waals surface area contributed by atoms with Crippen molar-refractivity contribution in [3.8, 4) is 5.75 Å². The maximum absolute atomic E-state index is 11.6. The van der Waals surface area contributed by atoms with E-state index in [1.165, 1.54) is 0 Å². The van der Waals surface area contributed by atoms with E-state index in [4.69, 9.17) is 15.2 Å². The summed E-state index contributed by atoms with van der Waals surface area (Å²) in [6, 6.07) is 5.83. The molecule has 0 fully saturated rings. The van der Waals surface area contributed by atoms with Crippen LogP contribution in [0.1, 0.15) is 65.5 Å². The Bertz CT molecular complexity index is 1110. The summed E-state index contributed by atoms with van der Waals surface area (Å²) >= 11 is 0. The molecule has 1 heterocycles. The van der Waals surface area contributed by atoms with Crippen molar-refractivity contribution in [3.63, 3.8) is 0 Å². The third kappa shape index (κ3) is 9.79. The van der Waals surface area contributed by atoms with Crippen molar-refractivity contribution in [2.45, 2.75) is 79.1 Å². The fourth-order valence-corrected chi connectivity index (χ4v) is 5.39. The minimum Gasteiger partial charge on any atom is -0.445 e. The van der Waals surface area contributed by atoms with Gasteiger partial charge in [-0.1, -0.05) is 95.4 Å². The molecule has 0 unspecified atom stereocenters. The number of rotatable bonds is 14. The lowest BCUT2D eigenvalue weighted by Gasteiger charge is -2.33. The van der Waals surface area contributed by atoms with Crippen LogP contribution in [-0.2, 0) is 16.0 Å². The van der Waals surface area contributed by atoms with Gasteiger partial charge in [0.1, 0.15) is 11.9 Å². The molecule has 8 atom stereocenters. The fourth-order valence-electron chi connectivity index (χ4n) is 5.39. The Kier molecular flexibility index (Phi) is 12.9. The Morgan fingerprint density at radius 2 is 1.77 bits per heavy atom. The number of aryl methyl sites for hydroxylation is 1. The predicted molar refractivity (Wildman–Crippen MR) is 159 cm³/mol. The van der Waals surface area contributed by atoms with Gasteiger partial charge in [0.2, 0.25) is 0 Å². The molecule has 0 saturated carbocycles. The summed E-state index contributed by atoms with van der Waals surface area (Å²) in [5.74, 6) is -0.433. The van der Waals surface area contributed by atoms with Gasteiger partial charge in [0.25, 0.3) is 0 Å². The van der Waals surface area contributed by atoms with Gasteiger partial charge in [-0.2, -0.15) is 0 Å². The Hall–Kier alpha value is -3.16. The SMILES string of the molecule is C=C/C=C\[C@H](C)[C@H](OC(N)=O)[C@@H](C)[C@H](O)[C@@H](C)C/C(C)=C\[C@H](C)[C@@H](O)[C@@H](C)/C=C\c1ccc2c(c1)OC(=O)CC2. The summed E-state index contributed by atoms with van der Waals surface area (Å²) in [4.78, 5) is 23.1. The largest absolute Gasteiger partial charge is 0.445 e. The second-order valence-corrected chi connectivity index (χ2v) is 11.3. The maximum Gasteiger partial charge on any atom is 0.404 e. The van der Waals surface area contributed by atoms with E-state index in [1.54, 1.807) is 12.2 Å². The zero-order valence-corrected chi connectivity index (χ0v) is 24.7. The van der Waals surface area contributed by atoms with Gasteiger partial charge in [0, 0.05) is 23.7 Å². The third-order valence-corrected chi connectivity index (χ3v) is 7.74. The standard InChI is InChI=1S/C33H47NO6/c1-8-9-10-22(4)32(40-33(34)38)25(7)31(37)24(6)18-20(2)17-23(5)30(36)21(3)11-12-26-13-14-27-15-16-29(35)39-28(27)19-26/h8-14,17,19,21-25,30-32,36-37H,1,15-16,18H2,2-7H3,(H2,34,38)/b10-9-,12-11-,20-17-/t21-,22-,23-,24-,25-,30-,31+,32-/m0/s1. The molecule has 2 rings (SSSR count). The third-order valence-electron chi connectivity index (χ3n) is 7.74. The van der Waals surface area contributed by atoms with Crippen LogP contribution in [0.25, 0.3) is 6.08 Å². The molecule has 0 bridgehead atoms. The van der Waals surface area contributed by atoms with Crippen molar-refractivity contribution in [2.24, 2.45) is 35.3 Å². The highest BCUT2D eigenvalue weighted by Gasteiger charge is 2.33. The van der Waals surface area contributed by atoms with Gasteiger partial charge in [-0.05, 0) is 42.9 Å². The number of fused-ring (bicyclic) bond motifs is 1. The van der Waals surface area contributed by atoms with Gasteiger partial charge in [-0.15, -0.1) is 0 Å². The lowest BCUT2D eigenvalue weighted by molar-refractivity contribution is -0.135. The van der Waals surface area contributed by atoms with E-state index >= 15 is 0 Å². The number of hydrogen-bond donors (Lipinski definition) is 3. The number of benzene rings is 1. The second-order valence-electron chi connectivity index (χ2n) is 11.3. The van der Waals surface area contributed by atoms with Crippen LogP contribution in [0.3, 0.4) is 0 Å². The van der Waals surface area contributed by atoms with Crippen LogP contribution in [0.15, 0.2) is 60.7 Å². The Morgan fingerprint density at radius 3 is 2.42 bits per heavy atom. The van der Waals surface area contributed by atoms with Crippen molar-refractivity contribution >= 4 is 18.1 Å². The highest BCUT2D eigenvalue weighted by molar-refractivity contribution is 5.76. The highest BCUT2D eigenvalue weighted by Crippen LogP contribution is 2.30. The summed E-state index contributed by atoms with van der Waals surface area (Å²) in [5.41, 5.74) is 8.31. The molecule has 7 nitrogen and oxygen atoms in total. The van der Waals surface area contributed by atoms with E-state index < -0.39 is 24.4 Å². The average Bonchev–Trinajstić information content (AvgIpc) is 2.91. The summed E-state index contributed by atoms with van der Waals surface area (Å²) < 4.78 is 10.7. The number of aliphatic hydroxyl groups excluding tert-OH is 2. The fraction of sp³-hybridized carbons (Fsp3) is 0.515. The highest BCUT2D eigenvalue weighted by atomic mass is 16.6. The molecule has 1 aliphatic heterocycles. The van der Waals surface area contributed by atoms with Crippen molar-refractivity contribution in [3.05, 3.63) is 71.9 Å². The van der Waals surface area contributed by atoms with Crippen LogP contribution < -0.4 is 10.5 Å². The molecule has 40 heavy (non-hydrogen) atoms. The lowest BCUT2D eigenvalue weighted by atomic mass is 9.81. The summed E-state index contributed by atoms with van der Waals surface area (Å²) in [5, 5.41) is 22.1. The Morgan fingerprint density at radius 1 is 1.07 bits per heavy atom. The van der Waals surface area contributed by atoms with Gasteiger partial charge in [-0.3, -0.25) is 4.79 Å². The molecule has 1 aromatic rings. The van der Waals surface area contributed by atoms with Gasteiger partial charge in [0.05, 0.1) is 18.6 Å². The van der Waals surface area contributed by atoms with Crippen LogP contribution in [0, 0.1) is 29.6 Å². The number of carbonyl (C=O) groups is 2. The maximum atomic E-state index is 11.6. The predicted octanol–water partition coefficient (Wildman–Crippen LogP) is 6.00. The first-order valence-corrected chi connectivity index (χ1v) is 14.1. The first-order chi connectivity index (χ1) is 18.8. The quantitative estimate of drug-likeness (QED) is 0.113. The molecule has 1 aromatic carbocycles. The summed E-state index contributed by atoms with van der Waals surface area (Å²) in [7, 11) is 0. The van der Waals surface area contributed by atoms with E-state index in [9.17, 15) is 19.8 Å².